The molecule has 0 aromatic rings. The Bertz CT molecular complexity index is 671. The Hall–Kier alpha value is -1.48. The summed E-state index contributed by atoms with van der Waals surface area (Å²) in [4.78, 5) is 15.0. The number of allylic oxidation sites excluding steroid dienone is 1. The van der Waals surface area contributed by atoms with E-state index in [0.29, 0.717) is 30.2 Å². The van der Waals surface area contributed by atoms with Crippen molar-refractivity contribution in [3.63, 3.8) is 0 Å². The zero-order chi connectivity index (χ0) is 20.5. The number of hydrogen-bond donors (Lipinski definition) is 0. The first-order chi connectivity index (χ1) is 13.2. The minimum absolute atomic E-state index is 0.0177. The molecule has 3 aliphatic carbocycles. The molecular formula is C23H37N3O2. The topological polar surface area (TPSA) is 75.1 Å². The molecule has 3 fully saturated rings. The van der Waals surface area contributed by atoms with Crippen LogP contribution in [0.25, 0.3) is 10.4 Å². The maximum atomic E-state index is 12.1. The average Bonchev–Trinajstić information content (AvgIpc) is 2.93. The monoisotopic (exact) mass is 387 g/mol. The largest absolute Gasteiger partial charge is 0.462 e. The lowest BCUT2D eigenvalue weighted by Gasteiger charge is -2.56. The first kappa shape index (κ1) is 21.2. The molecule has 0 spiro atoms. The average molecular weight is 388 g/mol. The van der Waals surface area contributed by atoms with Crippen LogP contribution in [0.1, 0.15) is 79.1 Å². The van der Waals surface area contributed by atoms with Crippen molar-refractivity contribution in [1.82, 2.24) is 0 Å². The van der Waals surface area contributed by atoms with Crippen molar-refractivity contribution < 1.29 is 9.53 Å². The molecule has 5 heteroatoms. The number of nitrogens with zero attached hydrogens (tertiary/aromatic N) is 3. The number of hydrogen-bond acceptors (Lipinski definition) is 3. The third kappa shape index (κ3) is 3.70. The van der Waals surface area contributed by atoms with E-state index in [-0.39, 0.29) is 22.9 Å². The highest BCUT2D eigenvalue weighted by Gasteiger charge is 2.57. The molecule has 0 amide bonds. The number of azide groups is 1. The fraction of sp³-hybridized carbons (Fsp3) is 0.870. The summed E-state index contributed by atoms with van der Waals surface area (Å²) in [5.74, 6) is 1.82. The van der Waals surface area contributed by atoms with Crippen LogP contribution in [0, 0.1) is 34.5 Å². The Morgan fingerprint density at radius 2 is 2.04 bits per heavy atom. The molecule has 28 heavy (non-hydrogen) atoms. The van der Waals surface area contributed by atoms with Crippen LogP contribution >= 0.6 is 0 Å². The SMILES string of the molecule is C=C1CCC2[C@H](OC(C)=O)C([C@@]3(C)CC[C@H](C)C[C@@H]3CCN=[N+]=[N-])CC[C@]12C. The van der Waals surface area contributed by atoms with Gasteiger partial charge >= 0.3 is 5.97 Å². The number of fused-ring (bicyclic) bond motifs is 1. The molecule has 0 saturated heterocycles. The summed E-state index contributed by atoms with van der Waals surface area (Å²) in [6, 6.07) is 0. The van der Waals surface area contributed by atoms with Gasteiger partial charge in [0.05, 0.1) is 0 Å². The van der Waals surface area contributed by atoms with Crippen LogP contribution in [-0.4, -0.2) is 18.6 Å². The van der Waals surface area contributed by atoms with E-state index in [1.807, 2.05) is 0 Å². The van der Waals surface area contributed by atoms with Crippen molar-refractivity contribution in [2.24, 2.45) is 39.6 Å². The second kappa shape index (κ2) is 8.10. The maximum Gasteiger partial charge on any atom is 0.302 e. The lowest BCUT2D eigenvalue weighted by molar-refractivity contribution is -0.172. The van der Waals surface area contributed by atoms with Gasteiger partial charge in [-0.1, -0.05) is 44.5 Å². The van der Waals surface area contributed by atoms with Gasteiger partial charge in [0.1, 0.15) is 6.10 Å². The maximum absolute atomic E-state index is 12.1. The minimum Gasteiger partial charge on any atom is -0.462 e. The van der Waals surface area contributed by atoms with E-state index in [1.54, 1.807) is 6.92 Å². The predicted molar refractivity (Wildman–Crippen MR) is 111 cm³/mol. The molecule has 0 heterocycles. The molecule has 3 saturated carbocycles. The van der Waals surface area contributed by atoms with Gasteiger partial charge in [0.25, 0.3) is 0 Å². The van der Waals surface area contributed by atoms with Crippen molar-refractivity contribution in [3.8, 4) is 0 Å². The molecule has 2 unspecified atom stereocenters. The number of rotatable bonds is 5. The van der Waals surface area contributed by atoms with Gasteiger partial charge in [0.2, 0.25) is 0 Å². The van der Waals surface area contributed by atoms with Crippen molar-refractivity contribution >= 4 is 5.97 Å². The fourth-order valence-corrected chi connectivity index (χ4v) is 6.87. The quantitative estimate of drug-likeness (QED) is 0.179. The van der Waals surface area contributed by atoms with Gasteiger partial charge in [0.15, 0.2) is 0 Å². The molecule has 5 nitrogen and oxygen atoms in total. The molecule has 0 bridgehead atoms. The van der Waals surface area contributed by atoms with Crippen LogP contribution < -0.4 is 0 Å². The number of carbonyl (C=O) groups excluding carboxylic acids is 1. The standard InChI is InChI=1S/C23H37N3O2/c1-15-8-11-23(5,18(14-15)10-13-25-26-24)20-9-12-22(4)16(2)6-7-19(22)21(20)28-17(3)27/h15,18-21H,2,6-14H2,1,3-5H3/t15-,18-,19?,20?,21-,22+,23-/m0/s1. The van der Waals surface area contributed by atoms with Gasteiger partial charge < -0.3 is 4.74 Å². The summed E-state index contributed by atoms with van der Waals surface area (Å²) >= 11 is 0. The van der Waals surface area contributed by atoms with E-state index in [4.69, 9.17) is 10.3 Å². The molecule has 7 atom stereocenters. The highest BCUT2D eigenvalue weighted by atomic mass is 16.5. The van der Waals surface area contributed by atoms with Crippen molar-refractivity contribution in [2.45, 2.75) is 85.2 Å². The molecule has 156 valence electrons. The summed E-state index contributed by atoms with van der Waals surface area (Å²) in [5, 5.41) is 3.83. The van der Waals surface area contributed by atoms with E-state index in [1.165, 1.54) is 24.8 Å². The third-order valence-corrected chi connectivity index (χ3v) is 8.74. The zero-order valence-corrected chi connectivity index (χ0v) is 18.1. The Morgan fingerprint density at radius 3 is 2.71 bits per heavy atom. The van der Waals surface area contributed by atoms with Gasteiger partial charge in [-0.25, -0.2) is 0 Å². The first-order valence-electron chi connectivity index (χ1n) is 11.1. The summed E-state index contributed by atoms with van der Waals surface area (Å²) in [6.45, 7) is 13.6. The lowest BCUT2D eigenvalue weighted by atomic mass is 9.51. The Kier molecular flexibility index (Phi) is 6.14. The van der Waals surface area contributed by atoms with Crippen molar-refractivity contribution in [3.05, 3.63) is 22.6 Å². The van der Waals surface area contributed by atoms with E-state index in [9.17, 15) is 4.79 Å². The van der Waals surface area contributed by atoms with Crippen LogP contribution in [0.2, 0.25) is 0 Å². The van der Waals surface area contributed by atoms with Crippen molar-refractivity contribution in [2.75, 3.05) is 6.54 Å². The second-order valence-corrected chi connectivity index (χ2v) is 10.2. The summed E-state index contributed by atoms with van der Waals surface area (Å²) < 4.78 is 6.09. The molecule has 0 radical (unpaired) electrons. The van der Waals surface area contributed by atoms with E-state index < -0.39 is 0 Å². The molecular weight excluding hydrogens is 350 g/mol. The zero-order valence-electron chi connectivity index (χ0n) is 18.1. The summed E-state index contributed by atoms with van der Waals surface area (Å²) in [7, 11) is 0. The molecule has 0 aliphatic heterocycles. The summed E-state index contributed by atoms with van der Waals surface area (Å²) in [6.07, 6.45) is 8.86. The van der Waals surface area contributed by atoms with Crippen LogP contribution in [-0.2, 0) is 9.53 Å². The number of esters is 1. The van der Waals surface area contributed by atoms with Gasteiger partial charge in [0, 0.05) is 30.2 Å². The minimum atomic E-state index is -0.157. The Balaban J connectivity index is 1.92. The predicted octanol–water partition coefficient (Wildman–Crippen LogP) is 6.44. The lowest BCUT2D eigenvalue weighted by Crippen LogP contribution is -2.53. The van der Waals surface area contributed by atoms with Gasteiger partial charge in [-0.2, -0.15) is 0 Å². The molecule has 3 aliphatic rings. The normalized spacial score (nSPS) is 43.1. The number of carbonyl (C=O) groups is 1. The number of ether oxygens (including phenoxy) is 1. The van der Waals surface area contributed by atoms with Gasteiger partial charge in [-0.05, 0) is 73.1 Å². The highest BCUT2D eigenvalue weighted by Crippen LogP contribution is 2.62. The highest BCUT2D eigenvalue weighted by molar-refractivity contribution is 5.66. The van der Waals surface area contributed by atoms with Crippen LogP contribution in [0.4, 0.5) is 0 Å². The Labute approximate surface area is 169 Å². The van der Waals surface area contributed by atoms with Gasteiger partial charge in [-0.3, -0.25) is 4.79 Å². The first-order valence-corrected chi connectivity index (χ1v) is 11.1. The van der Waals surface area contributed by atoms with Crippen LogP contribution in [0.5, 0.6) is 0 Å². The molecule has 0 N–H and O–H groups in total. The van der Waals surface area contributed by atoms with E-state index in [0.717, 1.165) is 32.1 Å². The summed E-state index contributed by atoms with van der Waals surface area (Å²) in [5.41, 5.74) is 10.3. The van der Waals surface area contributed by atoms with E-state index >= 15 is 0 Å². The van der Waals surface area contributed by atoms with Crippen molar-refractivity contribution in [1.29, 1.82) is 0 Å². The van der Waals surface area contributed by atoms with E-state index in [2.05, 4.69) is 37.4 Å². The molecule has 0 aromatic heterocycles. The molecule has 0 aromatic carbocycles. The fourth-order valence-electron chi connectivity index (χ4n) is 6.87. The van der Waals surface area contributed by atoms with Gasteiger partial charge in [-0.15, -0.1) is 0 Å². The Morgan fingerprint density at radius 1 is 1.29 bits per heavy atom. The van der Waals surface area contributed by atoms with Crippen LogP contribution in [0.15, 0.2) is 17.3 Å². The molecule has 3 rings (SSSR count). The second-order valence-electron chi connectivity index (χ2n) is 10.2. The third-order valence-electron chi connectivity index (χ3n) is 8.74. The smallest absolute Gasteiger partial charge is 0.302 e. The van der Waals surface area contributed by atoms with Crippen LogP contribution in [0.3, 0.4) is 0 Å².